The van der Waals surface area contributed by atoms with E-state index in [4.69, 9.17) is 17.9 Å². The standard InChI is InChI=1S/C19H45O5PSi2/c1-13-21-25(20,22-14-2)19(24-26(10,11)12)18(9)23-27(15(3)4,16(5)6)17(7)8/h15-19H,13-14H2,1-12H3/t18-,19-/m0/s1. The van der Waals surface area contributed by atoms with Gasteiger partial charge in [0.25, 0.3) is 0 Å². The second-order valence-electron chi connectivity index (χ2n) is 9.14. The summed E-state index contributed by atoms with van der Waals surface area (Å²) in [7, 11) is -7.60. The van der Waals surface area contributed by atoms with Crippen molar-refractivity contribution in [3.63, 3.8) is 0 Å². The minimum absolute atomic E-state index is 0.316. The monoisotopic (exact) mass is 440 g/mol. The zero-order chi connectivity index (χ0) is 21.6. The van der Waals surface area contributed by atoms with E-state index in [-0.39, 0.29) is 6.10 Å². The van der Waals surface area contributed by atoms with E-state index in [0.29, 0.717) is 29.8 Å². The van der Waals surface area contributed by atoms with Gasteiger partial charge in [0.15, 0.2) is 14.2 Å². The average Bonchev–Trinajstić information content (AvgIpc) is 2.48. The summed E-state index contributed by atoms with van der Waals surface area (Å²) in [5.74, 6) is -0.702. The van der Waals surface area contributed by atoms with Crippen LogP contribution in [0.15, 0.2) is 0 Å². The lowest BCUT2D eigenvalue weighted by atomic mass is 10.4. The molecule has 0 aromatic carbocycles. The van der Waals surface area contributed by atoms with Gasteiger partial charge in [-0.1, -0.05) is 41.5 Å². The van der Waals surface area contributed by atoms with E-state index in [1.54, 1.807) is 0 Å². The fraction of sp³-hybridized carbons (Fsp3) is 1.00. The van der Waals surface area contributed by atoms with E-state index in [1.807, 2.05) is 20.8 Å². The van der Waals surface area contributed by atoms with Gasteiger partial charge in [-0.25, -0.2) is 0 Å². The molecule has 0 saturated heterocycles. The van der Waals surface area contributed by atoms with Gasteiger partial charge in [-0.15, -0.1) is 0 Å². The smallest absolute Gasteiger partial charge is 0.360 e. The second kappa shape index (κ2) is 11.0. The zero-order valence-corrected chi connectivity index (χ0v) is 22.7. The van der Waals surface area contributed by atoms with Gasteiger partial charge in [-0.3, -0.25) is 4.57 Å². The summed E-state index contributed by atoms with van der Waals surface area (Å²) in [6.07, 6.45) is -0.362. The van der Waals surface area contributed by atoms with Gasteiger partial charge in [0.05, 0.1) is 19.3 Å². The van der Waals surface area contributed by atoms with Gasteiger partial charge in [0.1, 0.15) is 0 Å². The first kappa shape index (κ1) is 27.5. The van der Waals surface area contributed by atoms with Gasteiger partial charge in [-0.05, 0) is 57.0 Å². The lowest BCUT2D eigenvalue weighted by Gasteiger charge is -2.46. The molecule has 0 spiro atoms. The SMILES string of the molecule is CCOP(=O)(OCC)[C@H](O[Si](C)(C)C)[C@H](C)O[Si](C(C)C)(C(C)C)C(C)C. The van der Waals surface area contributed by atoms with Crippen molar-refractivity contribution >= 4 is 24.2 Å². The summed E-state index contributed by atoms with van der Waals surface area (Å²) >= 11 is 0. The molecule has 27 heavy (non-hydrogen) atoms. The maximum Gasteiger partial charge on any atom is 0.360 e. The molecule has 2 atom stereocenters. The van der Waals surface area contributed by atoms with Crippen molar-refractivity contribution in [1.82, 2.24) is 0 Å². The Kier molecular flexibility index (Phi) is 11.3. The molecule has 0 unspecified atom stereocenters. The summed E-state index contributed by atoms with van der Waals surface area (Å²) in [5, 5.41) is 0. The fourth-order valence-electron chi connectivity index (χ4n) is 4.11. The van der Waals surface area contributed by atoms with E-state index < -0.39 is 30.1 Å². The molecule has 0 aromatic rings. The average molecular weight is 441 g/mol. The number of hydrogen-bond donors (Lipinski definition) is 0. The van der Waals surface area contributed by atoms with Crippen LogP contribution in [0.25, 0.3) is 0 Å². The van der Waals surface area contributed by atoms with Crippen LogP contribution >= 0.6 is 7.60 Å². The molecule has 0 aliphatic heterocycles. The second-order valence-corrected chi connectivity index (χ2v) is 21.1. The first-order valence-corrected chi connectivity index (χ1v) is 17.6. The van der Waals surface area contributed by atoms with Crippen LogP contribution in [-0.4, -0.2) is 41.8 Å². The van der Waals surface area contributed by atoms with Crippen LogP contribution in [0, 0.1) is 0 Å². The highest BCUT2D eigenvalue weighted by atomic mass is 31.2. The molecule has 0 aliphatic rings. The molecule has 8 heteroatoms. The Hall–Kier alpha value is 0.504. The minimum atomic E-state index is -3.45. The Morgan fingerprint density at radius 2 is 1.11 bits per heavy atom. The van der Waals surface area contributed by atoms with Crippen LogP contribution < -0.4 is 0 Å². The third-order valence-electron chi connectivity index (χ3n) is 4.90. The van der Waals surface area contributed by atoms with Crippen LogP contribution in [0.1, 0.15) is 62.3 Å². The molecule has 0 amide bonds. The van der Waals surface area contributed by atoms with Crippen molar-refractivity contribution in [2.45, 2.75) is 111 Å². The van der Waals surface area contributed by atoms with Crippen LogP contribution in [0.4, 0.5) is 0 Å². The minimum Gasteiger partial charge on any atom is -0.410 e. The van der Waals surface area contributed by atoms with Gasteiger partial charge < -0.3 is 17.9 Å². The number of rotatable bonds is 13. The molecule has 0 fully saturated rings. The summed E-state index contributed by atoms with van der Waals surface area (Å²) in [6, 6.07) is 0. The van der Waals surface area contributed by atoms with E-state index in [1.165, 1.54) is 0 Å². The predicted octanol–water partition coefficient (Wildman–Crippen LogP) is 7.01. The van der Waals surface area contributed by atoms with Crippen LogP contribution in [0.2, 0.25) is 36.3 Å². The van der Waals surface area contributed by atoms with E-state index in [0.717, 1.165) is 0 Å². The Morgan fingerprint density at radius 1 is 0.741 bits per heavy atom. The quantitative estimate of drug-likeness (QED) is 0.228. The maximum absolute atomic E-state index is 13.6. The summed E-state index contributed by atoms with van der Waals surface area (Å²) in [5.41, 5.74) is 1.31. The van der Waals surface area contributed by atoms with Crippen molar-refractivity contribution < 1.29 is 22.5 Å². The lowest BCUT2D eigenvalue weighted by molar-refractivity contribution is 0.0649. The molecule has 0 radical (unpaired) electrons. The molecule has 0 aliphatic carbocycles. The first-order valence-electron chi connectivity index (χ1n) is 10.4. The largest absolute Gasteiger partial charge is 0.410 e. The van der Waals surface area contributed by atoms with Crippen LogP contribution in [-0.2, 0) is 22.5 Å². The highest BCUT2D eigenvalue weighted by molar-refractivity contribution is 7.54. The Bertz CT molecular complexity index is 445. The molecular formula is C19H45O5PSi2. The molecule has 0 rings (SSSR count). The van der Waals surface area contributed by atoms with E-state index >= 15 is 0 Å². The highest BCUT2D eigenvalue weighted by Crippen LogP contribution is 2.57. The zero-order valence-electron chi connectivity index (χ0n) is 19.8. The van der Waals surface area contributed by atoms with Gasteiger partial charge in [-0.2, -0.15) is 0 Å². The molecule has 0 saturated carbocycles. The van der Waals surface area contributed by atoms with Crippen molar-refractivity contribution in [1.29, 1.82) is 0 Å². The summed E-state index contributed by atoms with van der Waals surface area (Å²) in [6.45, 7) is 26.0. The third-order valence-corrected chi connectivity index (χ3v) is 14.6. The predicted molar refractivity (Wildman–Crippen MR) is 121 cm³/mol. The van der Waals surface area contributed by atoms with Gasteiger partial charge in [0, 0.05) is 0 Å². The first-order chi connectivity index (χ1) is 12.2. The Balaban J connectivity index is 6.07. The number of hydrogen-bond acceptors (Lipinski definition) is 5. The van der Waals surface area contributed by atoms with Gasteiger partial charge in [0.2, 0.25) is 8.32 Å². The molecule has 164 valence electrons. The topological polar surface area (TPSA) is 54.0 Å². The van der Waals surface area contributed by atoms with E-state index in [9.17, 15) is 4.57 Å². The lowest BCUT2D eigenvalue weighted by Crippen LogP contribution is -2.53. The highest BCUT2D eigenvalue weighted by Gasteiger charge is 2.51. The Labute approximate surface area is 170 Å². The Morgan fingerprint density at radius 3 is 1.37 bits per heavy atom. The molecule has 0 bridgehead atoms. The van der Waals surface area contributed by atoms with Gasteiger partial charge >= 0.3 is 7.60 Å². The molecule has 0 N–H and O–H groups in total. The van der Waals surface area contributed by atoms with E-state index in [2.05, 4.69) is 61.2 Å². The van der Waals surface area contributed by atoms with Crippen molar-refractivity contribution in [3.8, 4) is 0 Å². The molecular weight excluding hydrogens is 395 g/mol. The normalized spacial score (nSPS) is 16.4. The summed E-state index contributed by atoms with van der Waals surface area (Å²) in [4.78, 5) is 0. The molecule has 5 nitrogen and oxygen atoms in total. The fourth-order valence-corrected chi connectivity index (χ4v) is 13.9. The molecule has 0 aromatic heterocycles. The summed E-state index contributed by atoms with van der Waals surface area (Å²) < 4.78 is 38.2. The van der Waals surface area contributed by atoms with Crippen molar-refractivity contribution in [3.05, 3.63) is 0 Å². The van der Waals surface area contributed by atoms with Crippen LogP contribution in [0.5, 0.6) is 0 Å². The van der Waals surface area contributed by atoms with Crippen molar-refractivity contribution in [2.24, 2.45) is 0 Å². The molecule has 0 heterocycles. The van der Waals surface area contributed by atoms with Crippen LogP contribution in [0.3, 0.4) is 0 Å². The third kappa shape index (κ3) is 7.36. The van der Waals surface area contributed by atoms with Crippen molar-refractivity contribution in [2.75, 3.05) is 13.2 Å². The maximum atomic E-state index is 13.6.